The minimum absolute atomic E-state index is 0.336. The fraction of sp³-hybridized carbons (Fsp3) is 0.500. The van der Waals surface area contributed by atoms with Crippen LogP contribution in [0.2, 0.25) is 0 Å². The predicted octanol–water partition coefficient (Wildman–Crippen LogP) is 0.900. The number of halogens is 3. The largest absolute Gasteiger partial charge is 0.434 e. The number of nitriles is 1. The van der Waals surface area contributed by atoms with E-state index in [4.69, 9.17) is 5.26 Å². The second-order valence-electron chi connectivity index (χ2n) is 2.34. The third kappa shape index (κ3) is 1.77. The highest BCUT2D eigenvalue weighted by Crippen LogP contribution is 2.30. The minimum Gasteiger partial charge on any atom is -0.243 e. The van der Waals surface area contributed by atoms with Crippen molar-refractivity contribution in [2.45, 2.75) is 12.6 Å². The van der Waals surface area contributed by atoms with Gasteiger partial charge in [0.05, 0.1) is 12.5 Å². The van der Waals surface area contributed by atoms with Crippen LogP contribution >= 0.6 is 0 Å². The first-order valence-electron chi connectivity index (χ1n) is 3.29. The van der Waals surface area contributed by atoms with E-state index >= 15 is 0 Å². The molecule has 0 aliphatic carbocycles. The van der Waals surface area contributed by atoms with E-state index in [0.717, 1.165) is 7.05 Å². The second kappa shape index (κ2) is 3.05. The van der Waals surface area contributed by atoms with Gasteiger partial charge in [0.2, 0.25) is 0 Å². The molecule has 0 spiro atoms. The van der Waals surface area contributed by atoms with Crippen molar-refractivity contribution in [1.82, 2.24) is 15.0 Å². The summed E-state index contributed by atoms with van der Waals surface area (Å²) in [7, 11) is 1.14. The number of aromatic nitrogens is 3. The third-order valence-electron chi connectivity index (χ3n) is 1.41. The van der Waals surface area contributed by atoms with Gasteiger partial charge in [0.15, 0.2) is 5.69 Å². The molecule has 70 valence electrons. The number of hydrogen-bond acceptors (Lipinski definition) is 3. The summed E-state index contributed by atoms with van der Waals surface area (Å²) in [4.78, 5) is 0. The number of alkyl halides is 3. The Bertz CT molecular complexity index is 346. The van der Waals surface area contributed by atoms with Gasteiger partial charge < -0.3 is 0 Å². The molecule has 1 heterocycles. The second-order valence-corrected chi connectivity index (χ2v) is 2.34. The van der Waals surface area contributed by atoms with Crippen LogP contribution in [0.1, 0.15) is 11.4 Å². The Balaban J connectivity index is 3.18. The van der Waals surface area contributed by atoms with Crippen LogP contribution in [0.15, 0.2) is 0 Å². The topological polar surface area (TPSA) is 54.5 Å². The number of aryl methyl sites for hydroxylation is 1. The average Bonchev–Trinajstić information content (AvgIpc) is 2.31. The van der Waals surface area contributed by atoms with Gasteiger partial charge in [0, 0.05) is 7.05 Å². The van der Waals surface area contributed by atoms with Crippen LogP contribution in [0, 0.1) is 11.3 Å². The zero-order valence-electron chi connectivity index (χ0n) is 6.63. The molecule has 0 aromatic carbocycles. The maximum absolute atomic E-state index is 12.3. The summed E-state index contributed by atoms with van der Waals surface area (Å²) in [6, 6.07) is 1.59. The highest BCUT2D eigenvalue weighted by molar-refractivity contribution is 5.16. The highest BCUT2D eigenvalue weighted by Gasteiger charge is 2.38. The summed E-state index contributed by atoms with van der Waals surface area (Å²) in [6.45, 7) is 0. The molecule has 1 aromatic heterocycles. The fourth-order valence-electron chi connectivity index (χ4n) is 0.941. The number of rotatable bonds is 1. The van der Waals surface area contributed by atoms with E-state index in [1.54, 1.807) is 6.07 Å². The van der Waals surface area contributed by atoms with E-state index in [9.17, 15) is 13.2 Å². The summed E-state index contributed by atoms with van der Waals surface area (Å²) in [5.74, 6) is 0. The lowest BCUT2D eigenvalue weighted by atomic mass is 10.2. The molecule has 7 heteroatoms. The molecule has 4 nitrogen and oxygen atoms in total. The molecule has 13 heavy (non-hydrogen) atoms. The van der Waals surface area contributed by atoms with Crippen LogP contribution < -0.4 is 0 Å². The van der Waals surface area contributed by atoms with Gasteiger partial charge in [-0.1, -0.05) is 5.21 Å². The van der Waals surface area contributed by atoms with Crippen molar-refractivity contribution in [2.75, 3.05) is 0 Å². The number of hydrogen-bond donors (Lipinski definition) is 0. The van der Waals surface area contributed by atoms with E-state index < -0.39 is 11.9 Å². The first-order chi connectivity index (χ1) is 5.96. The van der Waals surface area contributed by atoms with E-state index in [2.05, 4.69) is 10.3 Å². The molecule has 1 aromatic rings. The zero-order chi connectivity index (χ0) is 10.1. The van der Waals surface area contributed by atoms with Gasteiger partial charge in [0.25, 0.3) is 0 Å². The van der Waals surface area contributed by atoms with Gasteiger partial charge in [-0.2, -0.15) is 18.4 Å². The summed E-state index contributed by atoms with van der Waals surface area (Å²) >= 11 is 0. The maximum atomic E-state index is 12.3. The molecule has 0 aliphatic rings. The van der Waals surface area contributed by atoms with E-state index in [1.165, 1.54) is 0 Å². The quantitative estimate of drug-likeness (QED) is 0.661. The fourth-order valence-corrected chi connectivity index (χ4v) is 0.941. The molecule has 0 atom stereocenters. The lowest BCUT2D eigenvalue weighted by molar-refractivity contribution is -0.144. The Morgan fingerprint density at radius 3 is 2.62 bits per heavy atom. The van der Waals surface area contributed by atoms with Crippen molar-refractivity contribution < 1.29 is 13.2 Å². The van der Waals surface area contributed by atoms with Gasteiger partial charge in [-0.25, -0.2) is 4.68 Å². The van der Waals surface area contributed by atoms with Crippen molar-refractivity contribution in [3.05, 3.63) is 11.4 Å². The van der Waals surface area contributed by atoms with Crippen LogP contribution in [0.5, 0.6) is 0 Å². The molecule has 0 unspecified atom stereocenters. The molecular formula is C6H5F3N4. The SMILES string of the molecule is Cn1nnc(CC#N)c1C(F)(F)F. The molecule has 0 bridgehead atoms. The van der Waals surface area contributed by atoms with Crippen molar-refractivity contribution in [3.63, 3.8) is 0 Å². The number of nitrogens with zero attached hydrogens (tertiary/aromatic N) is 4. The lowest BCUT2D eigenvalue weighted by Gasteiger charge is -2.06. The van der Waals surface area contributed by atoms with Gasteiger partial charge in [-0.3, -0.25) is 0 Å². The van der Waals surface area contributed by atoms with Crippen molar-refractivity contribution in [3.8, 4) is 6.07 Å². The molecule has 0 amide bonds. The first kappa shape index (κ1) is 9.51. The van der Waals surface area contributed by atoms with Gasteiger partial charge in [-0.05, 0) is 0 Å². The molecule has 0 saturated heterocycles. The van der Waals surface area contributed by atoms with Crippen LogP contribution in [0.4, 0.5) is 13.2 Å². The molecular weight excluding hydrogens is 185 g/mol. The summed E-state index contributed by atoms with van der Waals surface area (Å²) < 4.78 is 37.4. The summed E-state index contributed by atoms with van der Waals surface area (Å²) in [5, 5.41) is 14.7. The molecule has 0 fully saturated rings. The molecule has 0 saturated carbocycles. The Morgan fingerprint density at radius 2 is 2.15 bits per heavy atom. The average molecular weight is 190 g/mol. The standard InChI is InChI=1S/C6H5F3N4/c1-13-5(6(7,8)9)4(2-3-10)11-12-13/h2H2,1H3. The van der Waals surface area contributed by atoms with Gasteiger partial charge in [0.1, 0.15) is 5.69 Å². The normalized spacial score (nSPS) is 11.3. The lowest BCUT2D eigenvalue weighted by Crippen LogP contribution is -2.14. The molecule has 0 aliphatic heterocycles. The van der Waals surface area contributed by atoms with Gasteiger partial charge in [-0.15, -0.1) is 5.10 Å². The molecule has 0 N–H and O–H groups in total. The van der Waals surface area contributed by atoms with Crippen LogP contribution in [-0.4, -0.2) is 15.0 Å². The van der Waals surface area contributed by atoms with E-state index in [1.807, 2.05) is 0 Å². The smallest absolute Gasteiger partial charge is 0.243 e. The van der Waals surface area contributed by atoms with Crippen LogP contribution in [-0.2, 0) is 19.6 Å². The summed E-state index contributed by atoms with van der Waals surface area (Å²) in [5.41, 5.74) is -1.30. The van der Waals surface area contributed by atoms with E-state index in [-0.39, 0.29) is 12.1 Å². The predicted molar refractivity (Wildman–Crippen MR) is 35.3 cm³/mol. The van der Waals surface area contributed by atoms with Gasteiger partial charge >= 0.3 is 6.18 Å². The van der Waals surface area contributed by atoms with Crippen LogP contribution in [0.3, 0.4) is 0 Å². The highest BCUT2D eigenvalue weighted by atomic mass is 19.4. The third-order valence-corrected chi connectivity index (χ3v) is 1.41. The zero-order valence-corrected chi connectivity index (χ0v) is 6.63. The Kier molecular flexibility index (Phi) is 2.23. The van der Waals surface area contributed by atoms with Crippen molar-refractivity contribution >= 4 is 0 Å². The maximum Gasteiger partial charge on any atom is 0.434 e. The first-order valence-corrected chi connectivity index (χ1v) is 3.29. The molecule has 1 rings (SSSR count). The van der Waals surface area contributed by atoms with Crippen LogP contribution in [0.25, 0.3) is 0 Å². The van der Waals surface area contributed by atoms with Crippen molar-refractivity contribution in [1.29, 1.82) is 5.26 Å². The monoisotopic (exact) mass is 190 g/mol. The Hall–Kier alpha value is -1.58. The Labute approximate surface area is 71.6 Å². The molecule has 0 radical (unpaired) electrons. The van der Waals surface area contributed by atoms with E-state index in [0.29, 0.717) is 4.68 Å². The van der Waals surface area contributed by atoms with Crippen molar-refractivity contribution in [2.24, 2.45) is 7.05 Å². The Morgan fingerprint density at radius 1 is 1.54 bits per heavy atom. The summed E-state index contributed by atoms with van der Waals surface area (Å²) in [6.07, 6.45) is -4.90. The minimum atomic E-state index is -4.51.